The van der Waals surface area contributed by atoms with Crippen LogP contribution in [0.1, 0.15) is 28.9 Å². The van der Waals surface area contributed by atoms with Crippen molar-refractivity contribution in [1.82, 2.24) is 14.6 Å². The summed E-state index contributed by atoms with van der Waals surface area (Å²) in [5, 5.41) is 8.24. The smallest absolute Gasteiger partial charge is 0.269 e. The van der Waals surface area contributed by atoms with Crippen molar-refractivity contribution in [3.05, 3.63) is 58.2 Å². The molecule has 0 radical (unpaired) electrons. The molecule has 1 amide bonds. The number of benzene rings is 2. The Bertz CT molecular complexity index is 1390. The summed E-state index contributed by atoms with van der Waals surface area (Å²) in [4.78, 5) is 15.9. The van der Waals surface area contributed by atoms with E-state index < -0.39 is 26.0 Å². The summed E-state index contributed by atoms with van der Waals surface area (Å²) in [5.41, 5.74) is 1.13. The maximum atomic E-state index is 13.4. The molecule has 0 saturated carbocycles. The summed E-state index contributed by atoms with van der Waals surface area (Å²) in [5.74, 6) is -0.578. The number of fused-ring (bicyclic) bond motifs is 1. The van der Waals surface area contributed by atoms with E-state index in [4.69, 9.17) is 5.14 Å². The average molecular weight is 541 g/mol. The lowest BCUT2D eigenvalue weighted by Gasteiger charge is -2.16. The summed E-state index contributed by atoms with van der Waals surface area (Å²) >= 11 is 3.37. The number of aromatic nitrogens is 1. The molecule has 4 rings (SSSR count). The zero-order valence-corrected chi connectivity index (χ0v) is 20.1. The van der Waals surface area contributed by atoms with Crippen LogP contribution >= 0.6 is 15.9 Å². The Balaban J connectivity index is 1.67. The van der Waals surface area contributed by atoms with E-state index in [1.807, 2.05) is 0 Å². The number of rotatable bonds is 6. The summed E-state index contributed by atoms with van der Waals surface area (Å²) in [6.45, 7) is 0.910. The van der Waals surface area contributed by atoms with Gasteiger partial charge in [-0.05, 0) is 48.7 Å². The van der Waals surface area contributed by atoms with E-state index in [1.54, 1.807) is 18.2 Å². The second-order valence-corrected chi connectivity index (χ2v) is 11.9. The molecule has 1 aliphatic rings. The van der Waals surface area contributed by atoms with E-state index in [-0.39, 0.29) is 22.0 Å². The van der Waals surface area contributed by atoms with Gasteiger partial charge in [0.25, 0.3) is 5.91 Å². The van der Waals surface area contributed by atoms with Gasteiger partial charge in [-0.25, -0.2) is 22.0 Å². The Morgan fingerprint density at radius 1 is 1.06 bits per heavy atom. The zero-order valence-electron chi connectivity index (χ0n) is 16.8. The van der Waals surface area contributed by atoms with E-state index in [0.29, 0.717) is 34.0 Å². The molecule has 4 N–H and O–H groups in total. The number of nitrogens with zero attached hydrogens (tertiary/aromatic N) is 1. The minimum absolute atomic E-state index is 0.0345. The Morgan fingerprint density at radius 2 is 1.72 bits per heavy atom. The molecule has 0 spiro atoms. The third-order valence-corrected chi connectivity index (χ3v) is 8.72. The predicted molar refractivity (Wildman–Crippen MR) is 123 cm³/mol. The quantitative estimate of drug-likeness (QED) is 0.439. The van der Waals surface area contributed by atoms with Gasteiger partial charge in [-0.1, -0.05) is 28.1 Å². The van der Waals surface area contributed by atoms with E-state index in [1.165, 1.54) is 28.6 Å². The molecule has 9 nitrogen and oxygen atoms in total. The van der Waals surface area contributed by atoms with Crippen molar-refractivity contribution in [3.8, 4) is 0 Å². The Labute approximate surface area is 194 Å². The molecule has 3 aromatic rings. The average Bonchev–Trinajstić information content (AvgIpc) is 3.40. The molecule has 1 aromatic heterocycles. The SMILES string of the molecule is NS(=O)(=O)c1ccc(CNC(=O)c2[nH]c3ccc(Br)cc3c2S(=O)(=O)N2CCCC2)cc1. The monoisotopic (exact) mass is 540 g/mol. The predicted octanol–water partition coefficient (Wildman–Crippen LogP) is 2.29. The number of H-pyrrole nitrogens is 1. The van der Waals surface area contributed by atoms with Crippen LogP contribution in [0.4, 0.5) is 0 Å². The van der Waals surface area contributed by atoms with Crippen molar-refractivity contribution in [3.63, 3.8) is 0 Å². The van der Waals surface area contributed by atoms with E-state index in [9.17, 15) is 21.6 Å². The standard InChI is InChI=1S/C20H21BrN4O5S2/c21-14-5-8-17-16(11-14)19(32(29,30)25-9-1-2-10-25)18(24-17)20(26)23-12-13-3-6-15(7-4-13)31(22,27)28/h3-8,11,24H,1-2,9-10,12H2,(H,23,26)(H2,22,27,28). The number of sulfonamides is 2. The summed E-state index contributed by atoms with van der Waals surface area (Å²) < 4.78 is 51.7. The number of halogens is 1. The van der Waals surface area contributed by atoms with Crippen LogP contribution in [0.5, 0.6) is 0 Å². The number of hydrogen-bond acceptors (Lipinski definition) is 5. The largest absolute Gasteiger partial charge is 0.349 e. The fourth-order valence-electron chi connectivity index (χ4n) is 3.69. The van der Waals surface area contributed by atoms with Gasteiger partial charge in [0, 0.05) is 35.0 Å². The molecule has 1 saturated heterocycles. The lowest BCUT2D eigenvalue weighted by atomic mass is 10.2. The first-order valence-electron chi connectivity index (χ1n) is 9.79. The van der Waals surface area contributed by atoms with Crippen molar-refractivity contribution in [2.45, 2.75) is 29.2 Å². The van der Waals surface area contributed by atoms with Crippen LogP contribution < -0.4 is 10.5 Å². The first-order valence-corrected chi connectivity index (χ1v) is 13.6. The van der Waals surface area contributed by atoms with Crippen LogP contribution in [-0.4, -0.2) is 45.1 Å². The first-order chi connectivity index (χ1) is 15.1. The van der Waals surface area contributed by atoms with Gasteiger partial charge >= 0.3 is 0 Å². The van der Waals surface area contributed by atoms with E-state index >= 15 is 0 Å². The highest BCUT2D eigenvalue weighted by Crippen LogP contribution is 2.33. The molecule has 1 aliphatic heterocycles. The zero-order chi connectivity index (χ0) is 23.1. The highest BCUT2D eigenvalue weighted by atomic mass is 79.9. The minimum Gasteiger partial charge on any atom is -0.349 e. The number of carbonyl (C=O) groups excluding carboxylic acids is 1. The first kappa shape index (κ1) is 22.9. The van der Waals surface area contributed by atoms with Crippen LogP contribution in [0.15, 0.2) is 56.7 Å². The van der Waals surface area contributed by atoms with Gasteiger partial charge in [0.1, 0.15) is 10.6 Å². The van der Waals surface area contributed by atoms with Crippen LogP contribution in [0.3, 0.4) is 0 Å². The highest BCUT2D eigenvalue weighted by Gasteiger charge is 2.34. The van der Waals surface area contributed by atoms with Crippen molar-refractivity contribution >= 4 is 52.8 Å². The number of hydrogen-bond donors (Lipinski definition) is 3. The van der Waals surface area contributed by atoms with Crippen LogP contribution in [0, 0.1) is 0 Å². The molecule has 2 aromatic carbocycles. The molecule has 0 atom stereocenters. The van der Waals surface area contributed by atoms with E-state index in [0.717, 1.165) is 12.8 Å². The fourth-order valence-corrected chi connectivity index (χ4v) is 6.41. The Hall–Kier alpha value is -2.25. The molecule has 0 bridgehead atoms. The van der Waals surface area contributed by atoms with Gasteiger partial charge in [0.2, 0.25) is 20.0 Å². The topological polar surface area (TPSA) is 142 Å². The molecule has 1 fully saturated rings. The van der Waals surface area contributed by atoms with Gasteiger partial charge in [-0.2, -0.15) is 4.31 Å². The number of amides is 1. The summed E-state index contributed by atoms with van der Waals surface area (Å²) in [7, 11) is -7.69. The van der Waals surface area contributed by atoms with Crippen LogP contribution in [0.2, 0.25) is 0 Å². The highest BCUT2D eigenvalue weighted by molar-refractivity contribution is 9.10. The van der Waals surface area contributed by atoms with E-state index in [2.05, 4.69) is 26.2 Å². The van der Waals surface area contributed by atoms with Crippen molar-refractivity contribution < 1.29 is 21.6 Å². The van der Waals surface area contributed by atoms with Gasteiger partial charge < -0.3 is 10.3 Å². The molecule has 0 aliphatic carbocycles. The number of aromatic amines is 1. The second-order valence-electron chi connectivity index (χ2n) is 7.50. The van der Waals surface area contributed by atoms with Crippen molar-refractivity contribution in [1.29, 1.82) is 0 Å². The van der Waals surface area contributed by atoms with Crippen LogP contribution in [0.25, 0.3) is 10.9 Å². The number of carbonyl (C=O) groups is 1. The summed E-state index contributed by atoms with van der Waals surface area (Å²) in [6.07, 6.45) is 1.56. The normalized spacial score (nSPS) is 15.3. The summed E-state index contributed by atoms with van der Waals surface area (Å²) in [6, 6.07) is 10.9. The molecule has 32 heavy (non-hydrogen) atoms. The molecular weight excluding hydrogens is 520 g/mol. The molecular formula is C20H21BrN4O5S2. The molecule has 12 heteroatoms. The van der Waals surface area contributed by atoms with Gasteiger partial charge in [-0.15, -0.1) is 0 Å². The van der Waals surface area contributed by atoms with Crippen molar-refractivity contribution in [2.75, 3.05) is 13.1 Å². The fraction of sp³-hybridized carbons (Fsp3) is 0.250. The second kappa shape index (κ2) is 8.60. The molecule has 2 heterocycles. The van der Waals surface area contributed by atoms with Gasteiger partial charge in [0.05, 0.1) is 4.90 Å². The molecule has 170 valence electrons. The van der Waals surface area contributed by atoms with Crippen molar-refractivity contribution in [2.24, 2.45) is 5.14 Å². The maximum absolute atomic E-state index is 13.4. The minimum atomic E-state index is -3.88. The van der Waals surface area contributed by atoms with Crippen LogP contribution in [-0.2, 0) is 26.6 Å². The van der Waals surface area contributed by atoms with Gasteiger partial charge in [0.15, 0.2) is 0 Å². The Morgan fingerprint density at radius 3 is 2.34 bits per heavy atom. The third kappa shape index (κ3) is 4.46. The Kier molecular flexibility index (Phi) is 6.16. The van der Waals surface area contributed by atoms with Gasteiger partial charge in [-0.3, -0.25) is 4.79 Å². The maximum Gasteiger partial charge on any atom is 0.269 e. The molecule has 0 unspecified atom stereocenters. The number of primary sulfonamides is 1. The number of nitrogens with one attached hydrogen (secondary N) is 2. The number of nitrogens with two attached hydrogens (primary N) is 1. The lowest BCUT2D eigenvalue weighted by molar-refractivity contribution is 0.0943. The third-order valence-electron chi connectivity index (χ3n) is 5.31. The lowest BCUT2D eigenvalue weighted by Crippen LogP contribution is -2.31.